The third kappa shape index (κ3) is 5.10. The number of amides is 1. The van der Waals surface area contributed by atoms with Gasteiger partial charge in [0.1, 0.15) is 5.25 Å². The molecule has 0 spiro atoms. The van der Waals surface area contributed by atoms with E-state index in [1.807, 2.05) is 13.8 Å². The summed E-state index contributed by atoms with van der Waals surface area (Å²) in [5.74, 6) is 0.0574. The predicted molar refractivity (Wildman–Crippen MR) is 76.7 cm³/mol. The molecule has 1 aliphatic rings. The lowest BCUT2D eigenvalue weighted by Gasteiger charge is -2.29. The molecular weight excluding hydrogens is 264 g/mol. The van der Waals surface area contributed by atoms with E-state index in [2.05, 4.69) is 5.32 Å². The molecule has 2 atom stereocenters. The number of sulfone groups is 1. The van der Waals surface area contributed by atoms with Gasteiger partial charge < -0.3 is 10.2 Å². The largest absolute Gasteiger partial charge is 0.340 e. The lowest BCUT2D eigenvalue weighted by molar-refractivity contribution is -0.131. The first-order valence-electron chi connectivity index (χ1n) is 6.93. The second-order valence-electron chi connectivity index (χ2n) is 5.90. The minimum Gasteiger partial charge on any atom is -0.340 e. The van der Waals surface area contributed by atoms with E-state index in [9.17, 15) is 13.2 Å². The summed E-state index contributed by atoms with van der Waals surface area (Å²) in [4.78, 5) is 14.0. The van der Waals surface area contributed by atoms with Gasteiger partial charge in [-0.15, -0.1) is 0 Å². The Morgan fingerprint density at radius 3 is 2.42 bits per heavy atom. The van der Waals surface area contributed by atoms with Crippen LogP contribution in [0.2, 0.25) is 0 Å². The van der Waals surface area contributed by atoms with Crippen molar-refractivity contribution in [2.24, 2.45) is 5.92 Å². The molecule has 0 radical (unpaired) electrons. The smallest absolute Gasteiger partial charge is 0.240 e. The van der Waals surface area contributed by atoms with E-state index in [1.165, 1.54) is 6.92 Å². The van der Waals surface area contributed by atoms with Gasteiger partial charge in [0, 0.05) is 25.4 Å². The van der Waals surface area contributed by atoms with Crippen molar-refractivity contribution in [3.63, 3.8) is 0 Å². The van der Waals surface area contributed by atoms with Gasteiger partial charge in [0.2, 0.25) is 5.91 Å². The van der Waals surface area contributed by atoms with E-state index >= 15 is 0 Å². The molecule has 0 aromatic heterocycles. The molecule has 1 amide bonds. The Labute approximate surface area is 116 Å². The molecule has 1 fully saturated rings. The number of nitrogens with one attached hydrogen (secondary N) is 1. The molecule has 1 rings (SSSR count). The standard InChI is InChI=1S/C13H26N2O3S/c1-10(2)8-15(9-12-6-5-7-14-12)13(16)11(3)19(4,17)18/h10-12,14H,5-9H2,1-4H3. The summed E-state index contributed by atoms with van der Waals surface area (Å²) in [6.07, 6.45) is 3.29. The molecule has 1 aliphatic heterocycles. The molecule has 1 heterocycles. The second kappa shape index (κ2) is 6.70. The zero-order valence-electron chi connectivity index (χ0n) is 12.3. The number of hydrogen-bond donors (Lipinski definition) is 1. The van der Waals surface area contributed by atoms with Crippen LogP contribution in [-0.4, -0.2) is 56.4 Å². The van der Waals surface area contributed by atoms with Crippen molar-refractivity contribution in [3.8, 4) is 0 Å². The van der Waals surface area contributed by atoms with Gasteiger partial charge in [-0.1, -0.05) is 13.8 Å². The molecule has 2 unspecified atom stereocenters. The average Bonchev–Trinajstić information content (AvgIpc) is 2.77. The van der Waals surface area contributed by atoms with Crippen LogP contribution >= 0.6 is 0 Å². The molecule has 0 aliphatic carbocycles. The highest BCUT2D eigenvalue weighted by Crippen LogP contribution is 2.12. The third-order valence-electron chi connectivity index (χ3n) is 3.49. The number of rotatable bonds is 6. The molecule has 0 aromatic rings. The van der Waals surface area contributed by atoms with E-state index < -0.39 is 15.1 Å². The van der Waals surface area contributed by atoms with Crippen molar-refractivity contribution in [3.05, 3.63) is 0 Å². The minimum absolute atomic E-state index is 0.273. The summed E-state index contributed by atoms with van der Waals surface area (Å²) in [5, 5.41) is 2.40. The van der Waals surface area contributed by atoms with Crippen LogP contribution in [0.4, 0.5) is 0 Å². The topological polar surface area (TPSA) is 66.5 Å². The van der Waals surface area contributed by atoms with E-state index in [0.717, 1.165) is 25.6 Å². The maximum absolute atomic E-state index is 12.3. The van der Waals surface area contributed by atoms with Gasteiger partial charge >= 0.3 is 0 Å². The Bertz CT molecular complexity index is 400. The van der Waals surface area contributed by atoms with Crippen LogP contribution in [0.3, 0.4) is 0 Å². The summed E-state index contributed by atoms with van der Waals surface area (Å²) >= 11 is 0. The Morgan fingerprint density at radius 1 is 1.37 bits per heavy atom. The SMILES string of the molecule is CC(C)CN(CC1CCCN1)C(=O)C(C)S(C)(=O)=O. The highest BCUT2D eigenvalue weighted by Gasteiger charge is 2.30. The van der Waals surface area contributed by atoms with Crippen LogP contribution < -0.4 is 5.32 Å². The van der Waals surface area contributed by atoms with E-state index in [4.69, 9.17) is 0 Å². The fourth-order valence-corrected chi connectivity index (χ4v) is 2.83. The molecule has 0 bridgehead atoms. The first kappa shape index (κ1) is 16.4. The molecular formula is C13H26N2O3S. The summed E-state index contributed by atoms with van der Waals surface area (Å²) in [7, 11) is -3.33. The summed E-state index contributed by atoms with van der Waals surface area (Å²) in [6.45, 7) is 7.75. The first-order chi connectivity index (χ1) is 8.71. The lowest BCUT2D eigenvalue weighted by Crippen LogP contribution is -2.47. The molecule has 0 saturated carbocycles. The number of carbonyl (C=O) groups excluding carboxylic acids is 1. The highest BCUT2D eigenvalue weighted by atomic mass is 32.2. The van der Waals surface area contributed by atoms with Gasteiger partial charge in [0.15, 0.2) is 9.84 Å². The Kier molecular flexibility index (Phi) is 5.80. The van der Waals surface area contributed by atoms with E-state index in [-0.39, 0.29) is 5.91 Å². The average molecular weight is 290 g/mol. The normalized spacial score (nSPS) is 21.6. The lowest BCUT2D eigenvalue weighted by atomic mass is 10.1. The van der Waals surface area contributed by atoms with Gasteiger partial charge in [0.25, 0.3) is 0 Å². The molecule has 1 saturated heterocycles. The Hall–Kier alpha value is -0.620. The van der Waals surface area contributed by atoms with Gasteiger partial charge in [-0.3, -0.25) is 4.79 Å². The predicted octanol–water partition coefficient (Wildman–Crippen LogP) is 0.656. The monoisotopic (exact) mass is 290 g/mol. The van der Waals surface area contributed by atoms with Crippen LogP contribution in [0.1, 0.15) is 33.6 Å². The van der Waals surface area contributed by atoms with Crippen molar-refractivity contribution in [1.82, 2.24) is 10.2 Å². The molecule has 5 nitrogen and oxygen atoms in total. The fourth-order valence-electron chi connectivity index (χ4n) is 2.31. The van der Waals surface area contributed by atoms with Crippen molar-refractivity contribution in [1.29, 1.82) is 0 Å². The first-order valence-corrected chi connectivity index (χ1v) is 8.88. The van der Waals surface area contributed by atoms with Gasteiger partial charge in [-0.25, -0.2) is 8.42 Å². The van der Waals surface area contributed by atoms with E-state index in [1.54, 1.807) is 4.90 Å². The summed E-state index contributed by atoms with van der Waals surface area (Å²) in [6, 6.07) is 0.300. The summed E-state index contributed by atoms with van der Waals surface area (Å²) in [5.41, 5.74) is 0. The maximum atomic E-state index is 12.3. The second-order valence-corrected chi connectivity index (χ2v) is 8.27. The van der Waals surface area contributed by atoms with Crippen molar-refractivity contribution in [2.75, 3.05) is 25.9 Å². The minimum atomic E-state index is -3.33. The van der Waals surface area contributed by atoms with Crippen molar-refractivity contribution >= 4 is 15.7 Å². The molecule has 0 aromatic carbocycles. The summed E-state index contributed by atoms with van der Waals surface area (Å²) < 4.78 is 23.1. The van der Waals surface area contributed by atoms with Crippen LogP contribution in [-0.2, 0) is 14.6 Å². The van der Waals surface area contributed by atoms with Gasteiger partial charge in [-0.2, -0.15) is 0 Å². The van der Waals surface area contributed by atoms with Crippen LogP contribution in [0.5, 0.6) is 0 Å². The van der Waals surface area contributed by atoms with Crippen LogP contribution in [0, 0.1) is 5.92 Å². The molecule has 6 heteroatoms. The Morgan fingerprint density at radius 2 is 2.00 bits per heavy atom. The van der Waals surface area contributed by atoms with Crippen LogP contribution in [0.25, 0.3) is 0 Å². The maximum Gasteiger partial charge on any atom is 0.240 e. The van der Waals surface area contributed by atoms with Crippen molar-refractivity contribution < 1.29 is 13.2 Å². The van der Waals surface area contributed by atoms with Crippen LogP contribution in [0.15, 0.2) is 0 Å². The fraction of sp³-hybridized carbons (Fsp3) is 0.923. The molecule has 19 heavy (non-hydrogen) atoms. The van der Waals surface area contributed by atoms with Gasteiger partial charge in [-0.05, 0) is 32.2 Å². The van der Waals surface area contributed by atoms with Gasteiger partial charge in [0.05, 0.1) is 0 Å². The van der Waals surface area contributed by atoms with E-state index in [0.29, 0.717) is 25.0 Å². The number of carbonyl (C=O) groups is 1. The number of nitrogens with zero attached hydrogens (tertiary/aromatic N) is 1. The molecule has 1 N–H and O–H groups in total. The zero-order valence-corrected chi connectivity index (χ0v) is 13.2. The molecule has 112 valence electrons. The highest BCUT2D eigenvalue weighted by molar-refractivity contribution is 7.92. The third-order valence-corrected chi connectivity index (χ3v) is 4.98. The zero-order chi connectivity index (χ0) is 14.6. The quantitative estimate of drug-likeness (QED) is 0.780. The number of hydrogen-bond acceptors (Lipinski definition) is 4. The van der Waals surface area contributed by atoms with Crippen molar-refractivity contribution in [2.45, 2.75) is 44.9 Å². The Balaban J connectivity index is 2.74.